The lowest BCUT2D eigenvalue weighted by Crippen LogP contribution is -2.70. The summed E-state index contributed by atoms with van der Waals surface area (Å²) < 4.78 is 0. The first-order valence-electron chi connectivity index (χ1n) is 15.6. The molecule has 5 unspecified atom stereocenters. The first-order valence-corrected chi connectivity index (χ1v) is 15.6. The molecule has 4 aliphatic carbocycles. The summed E-state index contributed by atoms with van der Waals surface area (Å²) in [5, 5.41) is 10.7. The van der Waals surface area contributed by atoms with Crippen LogP contribution in [0.2, 0.25) is 0 Å². The number of carbonyl (C=O) groups excluding carboxylic acids is 1. The van der Waals surface area contributed by atoms with Crippen molar-refractivity contribution >= 4 is 6.03 Å². The molecule has 0 aromatic heterocycles. The van der Waals surface area contributed by atoms with Gasteiger partial charge in [-0.25, -0.2) is 4.79 Å². The Morgan fingerprint density at radius 3 is 2.69 bits per heavy atom. The monoisotopic (exact) mass is 525 g/mol. The van der Waals surface area contributed by atoms with Gasteiger partial charge in [-0.05, 0) is 117 Å². The van der Waals surface area contributed by atoms with Crippen LogP contribution in [0.25, 0.3) is 0 Å². The highest BCUT2D eigenvalue weighted by Crippen LogP contribution is 2.75. The minimum atomic E-state index is 0.0920. The average molecular weight is 526 g/mol. The molecule has 2 aromatic carbocycles. The minimum absolute atomic E-state index is 0.0920. The van der Waals surface area contributed by atoms with Gasteiger partial charge in [0, 0.05) is 43.2 Å². The molecule has 1 N–H and O–H groups in total. The Kier molecular flexibility index (Phi) is 5.28. The molecule has 0 spiro atoms. The number of carbonyl (C=O) groups is 1. The van der Waals surface area contributed by atoms with Crippen molar-refractivity contribution in [3.63, 3.8) is 0 Å². The fraction of sp³-hybridized carbons (Fsp3) is 0.618. The quantitative estimate of drug-likeness (QED) is 0.537. The van der Waals surface area contributed by atoms with Crippen molar-refractivity contribution in [1.29, 1.82) is 0 Å². The molecular weight excluding hydrogens is 482 g/mol. The van der Waals surface area contributed by atoms with Crippen molar-refractivity contribution in [3.8, 4) is 5.75 Å². The van der Waals surface area contributed by atoms with E-state index in [4.69, 9.17) is 0 Å². The zero-order valence-electron chi connectivity index (χ0n) is 23.6. The Morgan fingerprint density at radius 2 is 1.92 bits per heavy atom. The molecular formula is C34H43N3O2. The van der Waals surface area contributed by atoms with Crippen LogP contribution in [0.4, 0.5) is 4.79 Å². The zero-order valence-corrected chi connectivity index (χ0v) is 23.6. The third kappa shape index (κ3) is 3.32. The van der Waals surface area contributed by atoms with Gasteiger partial charge in [0.05, 0.1) is 0 Å². The molecule has 4 bridgehead atoms. The summed E-state index contributed by atoms with van der Waals surface area (Å²) in [4.78, 5) is 21.6. The van der Waals surface area contributed by atoms with Gasteiger partial charge in [0.2, 0.25) is 0 Å². The van der Waals surface area contributed by atoms with Crippen LogP contribution in [-0.2, 0) is 18.4 Å². The molecule has 6 atom stereocenters. The Labute approximate surface area is 233 Å². The number of aromatic hydroxyl groups is 1. The van der Waals surface area contributed by atoms with Gasteiger partial charge >= 0.3 is 6.03 Å². The van der Waals surface area contributed by atoms with Crippen molar-refractivity contribution in [2.75, 3.05) is 19.6 Å². The highest BCUT2D eigenvalue weighted by atomic mass is 16.3. The summed E-state index contributed by atoms with van der Waals surface area (Å²) in [6, 6.07) is 18.0. The number of benzene rings is 2. The average Bonchev–Trinajstić information content (AvgIpc) is 3.62. The molecule has 5 fully saturated rings. The van der Waals surface area contributed by atoms with Crippen LogP contribution in [-0.4, -0.2) is 63.6 Å². The van der Waals surface area contributed by atoms with Crippen LogP contribution in [0.3, 0.4) is 0 Å². The fourth-order valence-corrected chi connectivity index (χ4v) is 10.6. The third-order valence-corrected chi connectivity index (χ3v) is 12.1. The second-order valence-electron chi connectivity index (χ2n) is 14.1. The van der Waals surface area contributed by atoms with E-state index in [1.54, 1.807) is 0 Å². The van der Waals surface area contributed by atoms with Crippen molar-refractivity contribution in [2.24, 2.45) is 23.2 Å². The minimum Gasteiger partial charge on any atom is -0.508 e. The number of fused-ring (bicyclic) bond motifs is 1. The molecule has 206 valence electrons. The van der Waals surface area contributed by atoms with E-state index < -0.39 is 0 Å². The van der Waals surface area contributed by atoms with E-state index in [1.165, 1.54) is 61.9 Å². The molecule has 5 heteroatoms. The van der Waals surface area contributed by atoms with Crippen LogP contribution in [0, 0.1) is 23.2 Å². The Morgan fingerprint density at radius 1 is 1.10 bits per heavy atom. The van der Waals surface area contributed by atoms with Crippen molar-refractivity contribution in [2.45, 2.75) is 88.9 Å². The molecule has 6 aliphatic rings. The number of likely N-dealkylation sites (tertiary alicyclic amines) is 2. The Hall–Kier alpha value is -2.53. The van der Waals surface area contributed by atoms with E-state index >= 15 is 0 Å². The van der Waals surface area contributed by atoms with Gasteiger partial charge in [-0.2, -0.15) is 0 Å². The number of rotatable bonds is 5. The normalized spacial score (nSPS) is 36.1. The summed E-state index contributed by atoms with van der Waals surface area (Å²) in [6.07, 6.45) is 8.74. The van der Waals surface area contributed by atoms with Crippen LogP contribution in [0.1, 0.15) is 69.1 Å². The summed E-state index contributed by atoms with van der Waals surface area (Å²) in [5.41, 5.74) is 4.50. The van der Waals surface area contributed by atoms with Gasteiger partial charge in [-0.15, -0.1) is 0 Å². The Bertz CT molecular complexity index is 1290. The smallest absolute Gasteiger partial charge is 0.320 e. The van der Waals surface area contributed by atoms with E-state index in [0.717, 1.165) is 25.3 Å². The van der Waals surface area contributed by atoms with Crippen molar-refractivity contribution < 1.29 is 9.90 Å². The maximum Gasteiger partial charge on any atom is 0.320 e. The summed E-state index contributed by atoms with van der Waals surface area (Å²) in [6.45, 7) is 8.33. The molecule has 2 saturated heterocycles. The van der Waals surface area contributed by atoms with Crippen molar-refractivity contribution in [1.82, 2.24) is 14.7 Å². The number of hydrogen-bond acceptors (Lipinski definition) is 3. The zero-order chi connectivity index (χ0) is 26.5. The number of piperidine rings is 1. The number of nitrogens with zero attached hydrogens (tertiary/aromatic N) is 3. The van der Waals surface area contributed by atoms with Gasteiger partial charge < -0.3 is 14.9 Å². The second kappa shape index (κ2) is 8.49. The molecule has 8 rings (SSSR count). The predicted molar refractivity (Wildman–Crippen MR) is 152 cm³/mol. The number of amides is 2. The Balaban J connectivity index is 1.17. The lowest BCUT2D eigenvalue weighted by Gasteiger charge is -2.66. The second-order valence-corrected chi connectivity index (χ2v) is 14.1. The summed E-state index contributed by atoms with van der Waals surface area (Å²) in [5.74, 6) is 2.39. The van der Waals surface area contributed by atoms with E-state index in [0.29, 0.717) is 41.6 Å². The topological polar surface area (TPSA) is 47.0 Å². The molecule has 5 nitrogen and oxygen atoms in total. The van der Waals surface area contributed by atoms with Gasteiger partial charge in [-0.3, -0.25) is 4.90 Å². The number of phenols is 1. The lowest BCUT2D eigenvalue weighted by atomic mass is 9.43. The van der Waals surface area contributed by atoms with Crippen LogP contribution < -0.4 is 0 Å². The SMILES string of the molecule is CC(C)N(Cc1ccccc1)C(=O)N1C[C@H]2CC34CCC1C2C31CCN(CC2CC2)C4Cc2ccc(O)cc21. The first kappa shape index (κ1) is 24.3. The number of hydrogen-bond donors (Lipinski definition) is 1. The van der Waals surface area contributed by atoms with Crippen LogP contribution in [0.15, 0.2) is 48.5 Å². The van der Waals surface area contributed by atoms with Crippen LogP contribution in [0.5, 0.6) is 5.75 Å². The maximum atomic E-state index is 14.3. The maximum absolute atomic E-state index is 14.3. The molecule has 2 aromatic rings. The summed E-state index contributed by atoms with van der Waals surface area (Å²) >= 11 is 0. The van der Waals surface area contributed by atoms with E-state index in [9.17, 15) is 9.90 Å². The lowest BCUT2D eigenvalue weighted by molar-refractivity contribution is -0.102. The number of phenolic OH excluding ortho intramolecular Hbond substituents is 1. The van der Waals surface area contributed by atoms with Crippen molar-refractivity contribution in [3.05, 3.63) is 65.2 Å². The van der Waals surface area contributed by atoms with Gasteiger partial charge in [0.15, 0.2) is 0 Å². The largest absolute Gasteiger partial charge is 0.508 e. The predicted octanol–water partition coefficient (Wildman–Crippen LogP) is 5.80. The molecule has 39 heavy (non-hydrogen) atoms. The highest BCUT2D eigenvalue weighted by Gasteiger charge is 2.76. The van der Waals surface area contributed by atoms with Gasteiger partial charge in [0.25, 0.3) is 0 Å². The summed E-state index contributed by atoms with van der Waals surface area (Å²) in [7, 11) is 0. The molecule has 2 amide bonds. The molecule has 2 aliphatic heterocycles. The standard InChI is InChI=1S/C34H43N3O2/c1-22(2)36(20-23-6-4-3-5-7-23)32(39)37-21-26-18-33-13-12-29(37)31(26)34(33)14-15-35(19-24-8-9-24)30(33)16-25-10-11-27(38)17-28(25)34/h3-7,10-11,17,22,24,26,29-31,38H,8-9,12-16,18-21H2,1-2H3/t26-,29?,30?,31?,33?,34?/m1/s1. The van der Waals surface area contributed by atoms with E-state index in [-0.39, 0.29) is 17.5 Å². The van der Waals surface area contributed by atoms with E-state index in [1.807, 2.05) is 12.1 Å². The van der Waals surface area contributed by atoms with Gasteiger partial charge in [-0.1, -0.05) is 36.4 Å². The molecule has 0 radical (unpaired) electrons. The third-order valence-electron chi connectivity index (χ3n) is 12.1. The van der Waals surface area contributed by atoms with E-state index in [2.05, 4.69) is 64.9 Å². The van der Waals surface area contributed by atoms with Crippen LogP contribution >= 0.6 is 0 Å². The molecule has 3 saturated carbocycles. The first-order chi connectivity index (χ1) is 18.9. The van der Waals surface area contributed by atoms with Gasteiger partial charge in [0.1, 0.15) is 5.75 Å². The molecule has 2 heterocycles. The highest BCUT2D eigenvalue weighted by molar-refractivity contribution is 5.76. The number of urea groups is 1. The fourth-order valence-electron chi connectivity index (χ4n) is 10.6.